The highest BCUT2D eigenvalue weighted by atomic mass is 35.5. The number of aromatic nitrogens is 1. The number of rotatable bonds is 2. The van der Waals surface area contributed by atoms with Crippen molar-refractivity contribution in [2.45, 2.75) is 9.33 Å². The first-order valence-electron chi connectivity index (χ1n) is 3.44. The number of hydrogen-bond donors (Lipinski definition) is 0. The fraction of sp³-hybridized carbons (Fsp3) is 0.286. The molecule has 1 heterocycles. The van der Waals surface area contributed by atoms with E-state index in [0.29, 0.717) is 10.2 Å². The van der Waals surface area contributed by atoms with Crippen molar-refractivity contribution in [3.63, 3.8) is 0 Å². The quantitative estimate of drug-likeness (QED) is 0.568. The van der Waals surface area contributed by atoms with Gasteiger partial charge in [-0.25, -0.2) is 0 Å². The first kappa shape index (κ1) is 10.3. The predicted octanol–water partition coefficient (Wildman–Crippen LogP) is 1.86. The summed E-state index contributed by atoms with van der Waals surface area (Å²) in [6, 6.07) is 5.50. The van der Waals surface area contributed by atoms with Gasteiger partial charge in [-0.2, -0.15) is 0 Å². The molecule has 66 valence electrons. The van der Waals surface area contributed by atoms with Gasteiger partial charge in [-0.15, -0.1) is 34.8 Å². The van der Waals surface area contributed by atoms with E-state index in [2.05, 4.69) is 4.98 Å². The normalized spacial score (nSPS) is 14.6. The molecule has 0 spiro atoms. The molecule has 5 heteroatoms. The fourth-order valence-corrected chi connectivity index (χ4v) is 1.43. The number of alkyl halides is 3. The summed E-state index contributed by atoms with van der Waals surface area (Å²) in [5.41, 5.74) is 0.721. The summed E-state index contributed by atoms with van der Waals surface area (Å²) in [5.74, 6) is 0. The summed E-state index contributed by atoms with van der Waals surface area (Å²) in [7, 11) is 0.606. The molecule has 0 N–H and O–H groups in total. The van der Waals surface area contributed by atoms with Gasteiger partial charge in [0.1, 0.15) is 9.33 Å². The van der Waals surface area contributed by atoms with Crippen LogP contribution in [0.4, 0.5) is 0 Å². The third kappa shape index (κ3) is 2.63. The van der Waals surface area contributed by atoms with Gasteiger partial charge in [0.05, 0.1) is 15.9 Å². The maximum atomic E-state index is 5.99. The summed E-state index contributed by atoms with van der Waals surface area (Å²) in [6.07, 6.45) is 1.67. The van der Waals surface area contributed by atoms with Crippen LogP contribution in [0.5, 0.6) is 0 Å². The van der Waals surface area contributed by atoms with Crippen molar-refractivity contribution < 1.29 is 0 Å². The van der Waals surface area contributed by atoms with Gasteiger partial charge in [-0.3, -0.25) is 4.98 Å². The van der Waals surface area contributed by atoms with E-state index in [-0.39, 0.29) is 0 Å². The molecule has 0 fully saturated rings. The Morgan fingerprint density at radius 1 is 1.42 bits per heavy atom. The van der Waals surface area contributed by atoms with Gasteiger partial charge >= 0.3 is 0 Å². The zero-order valence-electron chi connectivity index (χ0n) is 6.47. The molecule has 1 unspecified atom stereocenters. The van der Waals surface area contributed by atoms with Gasteiger partial charge in [0.2, 0.25) is 0 Å². The topological polar surface area (TPSA) is 12.9 Å². The van der Waals surface area contributed by atoms with Crippen LogP contribution in [-0.2, 0) is 0 Å². The van der Waals surface area contributed by atoms with E-state index in [1.54, 1.807) is 6.20 Å². The van der Waals surface area contributed by atoms with Crippen LogP contribution in [-0.4, -0.2) is 19.2 Å². The molecule has 1 aromatic heterocycles. The molecule has 1 atom stereocenters. The zero-order valence-corrected chi connectivity index (χ0v) is 10.7. The molecule has 0 saturated heterocycles. The van der Waals surface area contributed by atoms with Crippen molar-refractivity contribution in [3.05, 3.63) is 30.1 Å². The Labute approximate surface area is 89.5 Å². The highest BCUT2D eigenvalue weighted by molar-refractivity contribution is 6.67. The monoisotopic (exact) mass is 239 g/mol. The smallest absolute Gasteiger partial charge is 0.118 e. The van der Waals surface area contributed by atoms with Crippen molar-refractivity contribution in [2.75, 3.05) is 0 Å². The van der Waals surface area contributed by atoms with E-state index in [4.69, 9.17) is 34.8 Å². The summed E-state index contributed by atoms with van der Waals surface area (Å²) >= 11 is 17.7. The van der Waals surface area contributed by atoms with Crippen LogP contribution in [0.2, 0.25) is 0 Å². The Bertz CT molecular complexity index is 247. The predicted molar refractivity (Wildman–Crippen MR) is 57.2 cm³/mol. The molecule has 0 saturated carbocycles. The minimum Gasteiger partial charge on any atom is -0.260 e. The van der Waals surface area contributed by atoms with E-state index >= 15 is 0 Å². The zero-order chi connectivity index (χ0) is 9.19. The number of halogens is 3. The molecular weight excluding hydrogens is 233 g/mol. The Morgan fingerprint density at radius 3 is 2.50 bits per heavy atom. The second-order valence-electron chi connectivity index (χ2n) is 2.57. The molecular formula is C7H8Cl3NSi. The van der Waals surface area contributed by atoms with Crippen LogP contribution >= 0.6 is 34.8 Å². The lowest BCUT2D eigenvalue weighted by molar-refractivity contribution is 0.915. The van der Waals surface area contributed by atoms with Crippen molar-refractivity contribution in [1.82, 2.24) is 4.98 Å². The lowest BCUT2D eigenvalue weighted by Crippen LogP contribution is -2.20. The highest BCUT2D eigenvalue weighted by Gasteiger charge is 2.29. The summed E-state index contributed by atoms with van der Waals surface area (Å²) < 4.78 is -0.851. The molecule has 12 heavy (non-hydrogen) atoms. The van der Waals surface area contributed by atoms with Gasteiger partial charge < -0.3 is 0 Å². The van der Waals surface area contributed by atoms with Crippen LogP contribution in [0.15, 0.2) is 24.4 Å². The van der Waals surface area contributed by atoms with Crippen LogP contribution < -0.4 is 0 Å². The number of pyridine rings is 1. The van der Waals surface area contributed by atoms with E-state index in [9.17, 15) is 0 Å². The molecule has 0 aliphatic carbocycles. The lowest BCUT2D eigenvalue weighted by atomic mass is 10.3. The SMILES string of the molecule is [SiH3]C(Cl)(Cl)C(Cl)c1ccccn1. The van der Waals surface area contributed by atoms with Crippen molar-refractivity contribution in [1.29, 1.82) is 0 Å². The third-order valence-electron chi connectivity index (χ3n) is 1.39. The Morgan fingerprint density at radius 2 is 2.08 bits per heavy atom. The first-order valence-corrected chi connectivity index (χ1v) is 5.64. The minimum absolute atomic E-state index is 0.423. The highest BCUT2D eigenvalue weighted by Crippen LogP contribution is 2.36. The maximum Gasteiger partial charge on any atom is 0.118 e. The minimum atomic E-state index is -0.851. The van der Waals surface area contributed by atoms with Crippen molar-refractivity contribution >= 4 is 45.0 Å². The first-order chi connectivity index (χ1) is 5.52. The molecule has 0 aliphatic rings. The van der Waals surface area contributed by atoms with E-state index < -0.39 is 9.33 Å². The summed E-state index contributed by atoms with van der Waals surface area (Å²) in [6.45, 7) is 0. The summed E-state index contributed by atoms with van der Waals surface area (Å²) in [5, 5.41) is -0.423. The maximum absolute atomic E-state index is 5.99. The van der Waals surface area contributed by atoms with Crippen LogP contribution in [0, 0.1) is 0 Å². The third-order valence-corrected chi connectivity index (χ3v) is 3.66. The Hall–Kier alpha value is 0.237. The van der Waals surface area contributed by atoms with Crippen molar-refractivity contribution in [2.24, 2.45) is 0 Å². The summed E-state index contributed by atoms with van der Waals surface area (Å²) in [4.78, 5) is 4.07. The fourth-order valence-electron chi connectivity index (χ4n) is 0.786. The average molecular weight is 241 g/mol. The van der Waals surface area contributed by atoms with Gasteiger partial charge in [-0.05, 0) is 12.1 Å². The average Bonchev–Trinajstić information content (AvgIpc) is 2.03. The standard InChI is InChI=1S/C7H8Cl3NSi/c8-6(7(9,10)12)5-3-1-2-4-11-5/h1-4,6H,12H3. The number of nitrogens with zero attached hydrogens (tertiary/aromatic N) is 1. The second kappa shape index (κ2) is 3.96. The van der Waals surface area contributed by atoms with Gasteiger partial charge in [0, 0.05) is 6.20 Å². The van der Waals surface area contributed by atoms with Gasteiger partial charge in [0.15, 0.2) is 0 Å². The Kier molecular flexibility index (Phi) is 3.41. The van der Waals surface area contributed by atoms with Crippen LogP contribution in [0.25, 0.3) is 0 Å². The molecule has 0 radical (unpaired) electrons. The van der Waals surface area contributed by atoms with Crippen LogP contribution in [0.3, 0.4) is 0 Å². The van der Waals surface area contributed by atoms with E-state index in [0.717, 1.165) is 5.69 Å². The van der Waals surface area contributed by atoms with Crippen molar-refractivity contribution in [3.8, 4) is 0 Å². The largest absolute Gasteiger partial charge is 0.260 e. The molecule has 0 aromatic carbocycles. The molecule has 1 aromatic rings. The molecule has 0 amide bonds. The Balaban J connectivity index is 2.86. The van der Waals surface area contributed by atoms with Gasteiger partial charge in [-0.1, -0.05) is 6.07 Å². The lowest BCUT2D eigenvalue weighted by Gasteiger charge is -2.19. The molecule has 0 aliphatic heterocycles. The van der Waals surface area contributed by atoms with Crippen LogP contribution in [0.1, 0.15) is 11.1 Å². The van der Waals surface area contributed by atoms with Gasteiger partial charge in [0.25, 0.3) is 0 Å². The van der Waals surface area contributed by atoms with E-state index in [1.807, 2.05) is 18.2 Å². The molecule has 1 rings (SSSR count). The second-order valence-corrected chi connectivity index (χ2v) is 7.62. The van der Waals surface area contributed by atoms with E-state index in [1.165, 1.54) is 0 Å². The number of hydrogen-bond acceptors (Lipinski definition) is 1. The molecule has 0 bridgehead atoms. The molecule has 1 nitrogen and oxygen atoms in total.